The predicted molar refractivity (Wildman–Crippen MR) is 75.4 cm³/mol. The zero-order valence-corrected chi connectivity index (χ0v) is 12.8. The molecule has 2 unspecified atom stereocenters. The van der Waals surface area contributed by atoms with Crippen LogP contribution in [0.4, 0.5) is 0 Å². The Kier molecular flexibility index (Phi) is 4.32. The Bertz CT molecular complexity index is 555. The second-order valence-corrected chi connectivity index (χ2v) is 5.62. The average molecular weight is 343 g/mol. The van der Waals surface area contributed by atoms with E-state index in [-0.39, 0.29) is 5.78 Å². The Morgan fingerprint density at radius 3 is 2.50 bits per heavy atom. The van der Waals surface area contributed by atoms with Crippen LogP contribution < -0.4 is 9.47 Å². The van der Waals surface area contributed by atoms with Crippen LogP contribution in [0.25, 0.3) is 0 Å². The molecule has 1 heterocycles. The Balaban J connectivity index is 2.31. The number of ether oxygens (including phenoxy) is 2. The van der Waals surface area contributed by atoms with Gasteiger partial charge in [-0.15, -0.1) is 0 Å². The molecular formula is C14H15BrO5. The number of carbonyl (C=O) groups excluding carboxylic acids is 1. The van der Waals surface area contributed by atoms with E-state index in [9.17, 15) is 9.59 Å². The van der Waals surface area contributed by atoms with Gasteiger partial charge >= 0.3 is 5.97 Å². The van der Waals surface area contributed by atoms with Crippen molar-refractivity contribution in [3.8, 4) is 11.5 Å². The molecular weight excluding hydrogens is 328 g/mol. The van der Waals surface area contributed by atoms with Crippen LogP contribution in [0.2, 0.25) is 0 Å². The summed E-state index contributed by atoms with van der Waals surface area (Å²) in [5.74, 6) is -1.48. The lowest BCUT2D eigenvalue weighted by atomic mass is 9.88. The number of fused-ring (bicyclic) bond motifs is 1. The van der Waals surface area contributed by atoms with Gasteiger partial charge in [0.05, 0.1) is 10.4 Å². The van der Waals surface area contributed by atoms with Gasteiger partial charge in [0.15, 0.2) is 17.3 Å². The number of halogens is 1. The summed E-state index contributed by atoms with van der Waals surface area (Å²) in [6.45, 7) is 4.04. The molecule has 5 nitrogen and oxygen atoms in total. The number of rotatable bonds is 4. The SMILES string of the molecule is CC(C(=O)O)C(C)C(=O)c1cc(Br)c2c(c1)OCCO2. The highest BCUT2D eigenvalue weighted by Gasteiger charge is 2.28. The van der Waals surface area contributed by atoms with Gasteiger partial charge in [-0.05, 0) is 28.1 Å². The molecule has 0 bridgehead atoms. The van der Waals surface area contributed by atoms with Gasteiger partial charge in [-0.25, -0.2) is 0 Å². The van der Waals surface area contributed by atoms with Crippen molar-refractivity contribution in [3.63, 3.8) is 0 Å². The third-order valence-electron chi connectivity index (χ3n) is 3.43. The van der Waals surface area contributed by atoms with Crippen LogP contribution >= 0.6 is 15.9 Å². The minimum atomic E-state index is -0.984. The first-order valence-corrected chi connectivity index (χ1v) is 7.07. The molecule has 0 amide bonds. The molecule has 0 spiro atoms. The quantitative estimate of drug-likeness (QED) is 0.851. The van der Waals surface area contributed by atoms with E-state index in [1.54, 1.807) is 19.1 Å². The van der Waals surface area contributed by atoms with Crippen molar-refractivity contribution >= 4 is 27.7 Å². The van der Waals surface area contributed by atoms with Crippen molar-refractivity contribution in [3.05, 3.63) is 22.2 Å². The highest BCUT2D eigenvalue weighted by Crippen LogP contribution is 2.39. The van der Waals surface area contributed by atoms with Crippen LogP contribution in [-0.2, 0) is 4.79 Å². The normalized spacial score (nSPS) is 16.4. The highest BCUT2D eigenvalue weighted by atomic mass is 79.9. The summed E-state index contributed by atoms with van der Waals surface area (Å²) in [4.78, 5) is 23.3. The molecule has 0 aromatic heterocycles. The van der Waals surface area contributed by atoms with Gasteiger partial charge in [0.1, 0.15) is 13.2 Å². The molecule has 1 aromatic carbocycles. The monoisotopic (exact) mass is 342 g/mol. The van der Waals surface area contributed by atoms with Gasteiger partial charge in [-0.2, -0.15) is 0 Å². The fourth-order valence-corrected chi connectivity index (χ4v) is 2.51. The Labute approximate surface area is 125 Å². The van der Waals surface area contributed by atoms with Gasteiger partial charge in [-0.1, -0.05) is 13.8 Å². The molecule has 0 saturated carbocycles. The number of carboxylic acids is 1. The van der Waals surface area contributed by atoms with E-state index in [1.807, 2.05) is 0 Å². The molecule has 2 rings (SSSR count). The van der Waals surface area contributed by atoms with Gasteiger partial charge in [0.25, 0.3) is 0 Å². The maximum Gasteiger partial charge on any atom is 0.306 e. The molecule has 1 aliphatic rings. The van der Waals surface area contributed by atoms with Crippen LogP contribution in [0.5, 0.6) is 11.5 Å². The minimum Gasteiger partial charge on any atom is -0.486 e. The summed E-state index contributed by atoms with van der Waals surface area (Å²) in [5, 5.41) is 8.99. The molecule has 0 radical (unpaired) electrons. The van der Waals surface area contributed by atoms with Crippen molar-refractivity contribution in [2.75, 3.05) is 13.2 Å². The van der Waals surface area contributed by atoms with Crippen LogP contribution in [-0.4, -0.2) is 30.1 Å². The molecule has 0 fully saturated rings. The molecule has 6 heteroatoms. The summed E-state index contributed by atoms with van der Waals surface area (Å²) in [6.07, 6.45) is 0. The van der Waals surface area contributed by atoms with E-state index in [0.717, 1.165) is 0 Å². The van der Waals surface area contributed by atoms with Crippen molar-refractivity contribution < 1.29 is 24.2 Å². The first kappa shape index (κ1) is 14.8. The fourth-order valence-electron chi connectivity index (χ4n) is 1.96. The number of aliphatic carboxylic acids is 1. The van der Waals surface area contributed by atoms with Crippen molar-refractivity contribution in [1.82, 2.24) is 0 Å². The molecule has 1 N–H and O–H groups in total. The smallest absolute Gasteiger partial charge is 0.306 e. The van der Waals surface area contributed by atoms with Gasteiger partial charge < -0.3 is 14.6 Å². The molecule has 108 valence electrons. The molecule has 2 atom stereocenters. The zero-order chi connectivity index (χ0) is 14.9. The zero-order valence-electron chi connectivity index (χ0n) is 11.2. The third-order valence-corrected chi connectivity index (χ3v) is 4.02. The first-order valence-electron chi connectivity index (χ1n) is 6.28. The van der Waals surface area contributed by atoms with E-state index in [0.29, 0.717) is 34.7 Å². The molecule has 0 saturated heterocycles. The van der Waals surface area contributed by atoms with Crippen LogP contribution in [0.3, 0.4) is 0 Å². The van der Waals surface area contributed by atoms with Gasteiger partial charge in [0.2, 0.25) is 0 Å². The second kappa shape index (κ2) is 5.83. The number of carbonyl (C=O) groups is 2. The van der Waals surface area contributed by atoms with E-state index >= 15 is 0 Å². The highest BCUT2D eigenvalue weighted by molar-refractivity contribution is 9.10. The average Bonchev–Trinajstić information content (AvgIpc) is 2.44. The summed E-state index contributed by atoms with van der Waals surface area (Å²) >= 11 is 3.34. The van der Waals surface area contributed by atoms with E-state index in [4.69, 9.17) is 14.6 Å². The number of benzene rings is 1. The number of ketones is 1. The summed E-state index contributed by atoms with van der Waals surface area (Å²) < 4.78 is 11.5. The largest absolute Gasteiger partial charge is 0.486 e. The summed E-state index contributed by atoms with van der Waals surface area (Å²) in [6, 6.07) is 3.24. The van der Waals surface area contributed by atoms with Crippen LogP contribution in [0.15, 0.2) is 16.6 Å². The molecule has 1 aliphatic heterocycles. The molecule has 20 heavy (non-hydrogen) atoms. The maximum absolute atomic E-state index is 12.3. The fraction of sp³-hybridized carbons (Fsp3) is 0.429. The lowest BCUT2D eigenvalue weighted by Gasteiger charge is -2.21. The van der Waals surface area contributed by atoms with Crippen molar-refractivity contribution in [2.24, 2.45) is 11.8 Å². The van der Waals surface area contributed by atoms with Crippen LogP contribution in [0, 0.1) is 11.8 Å². The second-order valence-electron chi connectivity index (χ2n) is 4.76. The lowest BCUT2D eigenvalue weighted by Crippen LogP contribution is -2.25. The van der Waals surface area contributed by atoms with Crippen LogP contribution in [0.1, 0.15) is 24.2 Å². The van der Waals surface area contributed by atoms with E-state index in [1.165, 1.54) is 6.92 Å². The van der Waals surface area contributed by atoms with Gasteiger partial charge in [0, 0.05) is 11.5 Å². The number of hydrogen-bond donors (Lipinski definition) is 1. The topological polar surface area (TPSA) is 72.8 Å². The Morgan fingerprint density at radius 1 is 1.20 bits per heavy atom. The number of carboxylic acid groups (broad SMARTS) is 1. The van der Waals surface area contributed by atoms with Crippen molar-refractivity contribution in [2.45, 2.75) is 13.8 Å². The molecule has 1 aromatic rings. The lowest BCUT2D eigenvalue weighted by molar-refractivity contribution is -0.142. The Morgan fingerprint density at radius 2 is 1.85 bits per heavy atom. The minimum absolute atomic E-state index is 0.224. The summed E-state index contributed by atoms with van der Waals surface area (Å²) in [5.41, 5.74) is 0.418. The Hall–Kier alpha value is -1.56. The van der Waals surface area contributed by atoms with E-state index < -0.39 is 17.8 Å². The van der Waals surface area contributed by atoms with Crippen molar-refractivity contribution in [1.29, 1.82) is 0 Å². The predicted octanol–water partition coefficient (Wildman–Crippen LogP) is 2.76. The third kappa shape index (κ3) is 2.80. The molecule has 0 aliphatic carbocycles. The maximum atomic E-state index is 12.3. The number of hydrogen-bond acceptors (Lipinski definition) is 4. The first-order chi connectivity index (χ1) is 9.41. The standard InChI is InChI=1S/C14H15BrO5/c1-7(8(2)14(17)18)12(16)9-5-10(15)13-11(6-9)19-3-4-20-13/h5-8H,3-4H2,1-2H3,(H,17,18). The van der Waals surface area contributed by atoms with E-state index in [2.05, 4.69) is 15.9 Å². The summed E-state index contributed by atoms with van der Waals surface area (Å²) in [7, 11) is 0. The number of Topliss-reactive ketones (excluding diaryl/α,β-unsaturated/α-hetero) is 1. The van der Waals surface area contributed by atoms with Gasteiger partial charge in [-0.3, -0.25) is 9.59 Å².